The molecule has 3 aromatic rings. The maximum absolute atomic E-state index is 11.4. The van der Waals surface area contributed by atoms with Gasteiger partial charge in [-0.25, -0.2) is 8.42 Å². The number of halogens is 1. The molecule has 0 atom stereocenters. The van der Waals surface area contributed by atoms with Gasteiger partial charge in [-0.1, -0.05) is 29.9 Å². The van der Waals surface area contributed by atoms with Crippen molar-refractivity contribution in [2.45, 2.75) is 39.7 Å². The molecular weight excluding hydrogens is 612 g/mol. The Hall–Kier alpha value is -2.68. The second-order valence-electron chi connectivity index (χ2n) is 9.56. The smallest absolute Gasteiger partial charge is 0.265 e. The van der Waals surface area contributed by atoms with Crippen molar-refractivity contribution in [1.82, 2.24) is 0 Å². The largest absolute Gasteiger partial charge is 0.748 e. The molecule has 0 aliphatic carbocycles. The molecule has 0 saturated carbocycles. The van der Waals surface area contributed by atoms with Crippen LogP contribution in [0.3, 0.4) is 0 Å². The molecule has 0 spiro atoms. The normalized spacial score (nSPS) is 15.0. The molecule has 0 amide bonds. The molecule has 1 aliphatic rings. The van der Waals surface area contributed by atoms with E-state index in [2.05, 4.69) is 0 Å². The topological polar surface area (TPSA) is 137 Å². The maximum atomic E-state index is 11.4. The third kappa shape index (κ3) is 7.99. The second kappa shape index (κ2) is 12.7. The fourth-order valence-corrected chi connectivity index (χ4v) is 6.89. The minimum Gasteiger partial charge on any atom is -0.748 e. The van der Waals surface area contributed by atoms with E-state index in [1.807, 2.05) is 42.7 Å². The van der Waals surface area contributed by atoms with Gasteiger partial charge in [-0.2, -0.15) is 13.0 Å². The Balaban J connectivity index is 1.74. The SMILES string of the molecule is CCC(/C=C1\Oc2ccc(Cl)cc2N1CCCS(=O)(=O)[O-])=C\c1sc2cc(OC)c(C)cc2[n+]1CCCS(=O)(=O)O. The van der Waals surface area contributed by atoms with Gasteiger partial charge >= 0.3 is 0 Å². The Labute approximate surface area is 249 Å². The van der Waals surface area contributed by atoms with Crippen LogP contribution in [0.5, 0.6) is 11.5 Å². The van der Waals surface area contributed by atoms with Crippen molar-refractivity contribution in [3.05, 3.63) is 63.5 Å². The first kappa shape index (κ1) is 31.3. The molecule has 1 N–H and O–H groups in total. The lowest BCUT2D eigenvalue weighted by Crippen LogP contribution is -2.36. The minimum absolute atomic E-state index is 0.106. The van der Waals surface area contributed by atoms with E-state index in [-0.39, 0.29) is 25.1 Å². The number of benzene rings is 2. The third-order valence-electron chi connectivity index (χ3n) is 6.53. The van der Waals surface area contributed by atoms with Crippen molar-refractivity contribution in [3.8, 4) is 11.5 Å². The van der Waals surface area contributed by atoms with Crippen LogP contribution in [0.15, 0.2) is 47.9 Å². The molecule has 0 unspecified atom stereocenters. The molecule has 14 heteroatoms. The Morgan fingerprint density at radius 1 is 1.20 bits per heavy atom. The number of hydrogen-bond donors (Lipinski definition) is 1. The number of nitrogens with zero attached hydrogens (tertiary/aromatic N) is 2. The monoisotopic (exact) mass is 642 g/mol. The van der Waals surface area contributed by atoms with Gasteiger partial charge in [0.05, 0.1) is 28.7 Å². The summed E-state index contributed by atoms with van der Waals surface area (Å²) in [5.74, 6) is 0.908. The highest BCUT2D eigenvalue weighted by Gasteiger charge is 2.27. The predicted molar refractivity (Wildman–Crippen MR) is 159 cm³/mol. The van der Waals surface area contributed by atoms with E-state index < -0.39 is 26.0 Å². The molecule has 10 nitrogen and oxygen atoms in total. The molecule has 1 aromatic heterocycles. The number of aryl methyl sites for hydroxylation is 2. The van der Waals surface area contributed by atoms with Gasteiger partial charge in [0.15, 0.2) is 12.3 Å². The predicted octanol–water partition coefficient (Wildman–Crippen LogP) is 4.91. The number of rotatable bonds is 12. The summed E-state index contributed by atoms with van der Waals surface area (Å²) >= 11 is 7.74. The lowest BCUT2D eigenvalue weighted by atomic mass is 10.1. The van der Waals surface area contributed by atoms with Gasteiger partial charge < -0.3 is 18.9 Å². The van der Waals surface area contributed by atoms with Crippen molar-refractivity contribution in [1.29, 1.82) is 0 Å². The van der Waals surface area contributed by atoms with Crippen LogP contribution in [0, 0.1) is 6.92 Å². The number of anilines is 1. The van der Waals surface area contributed by atoms with Crippen LogP contribution < -0.4 is 18.9 Å². The van der Waals surface area contributed by atoms with Crippen LogP contribution in [0.2, 0.25) is 5.02 Å². The van der Waals surface area contributed by atoms with E-state index in [0.717, 1.165) is 32.1 Å². The van der Waals surface area contributed by atoms with Crippen LogP contribution in [0.25, 0.3) is 16.3 Å². The Bertz CT molecular complexity index is 1730. The van der Waals surface area contributed by atoms with Crippen molar-refractivity contribution >= 4 is 65.2 Å². The number of fused-ring (bicyclic) bond motifs is 2. The molecule has 2 heterocycles. The Morgan fingerprint density at radius 3 is 2.61 bits per heavy atom. The number of ether oxygens (including phenoxy) is 2. The zero-order valence-corrected chi connectivity index (χ0v) is 26.0. The van der Waals surface area contributed by atoms with Crippen LogP contribution in [-0.4, -0.2) is 51.1 Å². The minimum atomic E-state index is -4.37. The molecule has 0 fully saturated rings. The summed E-state index contributed by atoms with van der Waals surface area (Å²) in [6.45, 7) is 4.51. The average Bonchev–Trinajstić information content (AvgIpc) is 3.38. The highest BCUT2D eigenvalue weighted by atomic mass is 35.5. The van der Waals surface area contributed by atoms with Gasteiger partial charge in [0.2, 0.25) is 11.4 Å². The molecule has 4 rings (SSSR count). The number of aromatic nitrogens is 1. The summed E-state index contributed by atoms with van der Waals surface area (Å²) in [5, 5.41) is 1.35. The standard InChI is InChI=1S/C27H31ClN2O8S3/c1-4-19(14-26-29(9-5-11-40(31,32)33)21-16-20(28)7-8-23(21)38-26)15-27-30(10-6-12-41(34,35)36)22-13-18(2)24(37-3)17-25(22)39-27/h7-8,13-17H,4-6,9-12H2,1-3H3,(H-,31,32,33,34,35,36). The molecule has 0 saturated heterocycles. The van der Waals surface area contributed by atoms with E-state index in [1.165, 1.54) is 11.3 Å². The first-order valence-electron chi connectivity index (χ1n) is 12.8. The quantitative estimate of drug-likeness (QED) is 0.216. The van der Waals surface area contributed by atoms with Crippen molar-refractivity contribution < 1.29 is 40.0 Å². The molecule has 222 valence electrons. The van der Waals surface area contributed by atoms with E-state index in [4.69, 9.17) is 21.1 Å². The molecular formula is C27H31ClN2O8S3. The fraction of sp³-hybridized carbons (Fsp3) is 0.370. The first-order chi connectivity index (χ1) is 19.3. The second-order valence-corrected chi connectivity index (χ2v) is 14.2. The zero-order valence-electron chi connectivity index (χ0n) is 22.8. The van der Waals surface area contributed by atoms with E-state index >= 15 is 0 Å². The summed E-state index contributed by atoms with van der Waals surface area (Å²) in [5.41, 5.74) is 3.41. The summed E-state index contributed by atoms with van der Waals surface area (Å²) in [6.07, 6.45) is 4.80. The Kier molecular flexibility index (Phi) is 9.66. The zero-order chi connectivity index (χ0) is 29.9. The molecule has 41 heavy (non-hydrogen) atoms. The van der Waals surface area contributed by atoms with Crippen LogP contribution in [-0.2, 0) is 26.8 Å². The van der Waals surface area contributed by atoms with E-state index in [9.17, 15) is 25.9 Å². The van der Waals surface area contributed by atoms with E-state index in [1.54, 1.807) is 30.2 Å². The molecule has 0 bridgehead atoms. The molecule has 2 aromatic carbocycles. The number of allylic oxidation sites excluding steroid dienone is 2. The van der Waals surface area contributed by atoms with Gasteiger partial charge in [0.25, 0.3) is 15.1 Å². The van der Waals surface area contributed by atoms with Gasteiger partial charge in [-0.05, 0) is 49.1 Å². The summed E-state index contributed by atoms with van der Waals surface area (Å²) in [7, 11) is -6.86. The lowest BCUT2D eigenvalue weighted by Gasteiger charge is -2.19. The van der Waals surface area contributed by atoms with Crippen LogP contribution in [0.4, 0.5) is 5.69 Å². The van der Waals surface area contributed by atoms with Crippen molar-refractivity contribution in [3.63, 3.8) is 0 Å². The van der Waals surface area contributed by atoms with Gasteiger partial charge in [-0.15, -0.1) is 0 Å². The molecule has 1 aliphatic heterocycles. The Morgan fingerprint density at radius 2 is 1.95 bits per heavy atom. The van der Waals surface area contributed by atoms with Gasteiger partial charge in [0.1, 0.15) is 10.4 Å². The number of hydrogen-bond acceptors (Lipinski definition) is 9. The number of thiazole rings is 1. The fourth-order valence-electron chi connectivity index (χ4n) is 4.57. The summed E-state index contributed by atoms with van der Waals surface area (Å²) in [4.78, 5) is 1.80. The van der Waals surface area contributed by atoms with Gasteiger partial charge in [-0.3, -0.25) is 4.55 Å². The summed E-state index contributed by atoms with van der Waals surface area (Å²) < 4.78 is 80.2. The third-order valence-corrected chi connectivity index (χ3v) is 9.45. The highest BCUT2D eigenvalue weighted by molar-refractivity contribution is 7.85. The average molecular weight is 643 g/mol. The highest BCUT2D eigenvalue weighted by Crippen LogP contribution is 2.41. The van der Waals surface area contributed by atoms with Gasteiger partial charge in [0, 0.05) is 48.0 Å². The first-order valence-corrected chi connectivity index (χ1v) is 17.2. The van der Waals surface area contributed by atoms with Crippen molar-refractivity contribution in [2.24, 2.45) is 0 Å². The lowest BCUT2D eigenvalue weighted by molar-refractivity contribution is -0.668. The summed E-state index contributed by atoms with van der Waals surface area (Å²) in [6, 6.07) is 9.09. The maximum Gasteiger partial charge on any atom is 0.265 e. The van der Waals surface area contributed by atoms with Crippen LogP contribution in [0.1, 0.15) is 36.8 Å². The van der Waals surface area contributed by atoms with E-state index in [0.29, 0.717) is 35.3 Å². The van der Waals surface area contributed by atoms with Crippen molar-refractivity contribution in [2.75, 3.05) is 30.1 Å². The molecule has 0 radical (unpaired) electrons. The van der Waals surface area contributed by atoms with Crippen LogP contribution >= 0.6 is 22.9 Å². The number of methoxy groups -OCH3 is 1.